The maximum absolute atomic E-state index is 12.5. The van der Waals surface area contributed by atoms with E-state index in [1.165, 1.54) is 11.8 Å². The molecule has 1 aliphatic heterocycles. The van der Waals surface area contributed by atoms with Crippen LogP contribution in [0.15, 0.2) is 30.3 Å². The molecule has 25 heavy (non-hydrogen) atoms. The van der Waals surface area contributed by atoms with E-state index in [0.717, 1.165) is 0 Å². The van der Waals surface area contributed by atoms with Crippen LogP contribution in [0.25, 0.3) is 0 Å². The molecule has 2 amide bonds. The van der Waals surface area contributed by atoms with Crippen LogP contribution in [0, 0.1) is 0 Å². The van der Waals surface area contributed by atoms with Gasteiger partial charge in [0.15, 0.2) is 6.10 Å². The fourth-order valence-electron chi connectivity index (χ4n) is 3.20. The van der Waals surface area contributed by atoms with Gasteiger partial charge in [-0.2, -0.15) is 0 Å². The number of benzene rings is 1. The minimum atomic E-state index is -1.21. The molecule has 7 heteroatoms. The molecular formula is C18H24N2O5. The van der Waals surface area contributed by atoms with E-state index in [2.05, 4.69) is 0 Å². The maximum Gasteiger partial charge on any atom is 0.323 e. The molecular weight excluding hydrogens is 324 g/mol. The Morgan fingerprint density at radius 2 is 1.88 bits per heavy atom. The number of likely N-dealkylation sites (tertiary alicyclic amines) is 1. The summed E-state index contributed by atoms with van der Waals surface area (Å²) in [6.45, 7) is 1.89. The summed E-state index contributed by atoms with van der Waals surface area (Å²) in [4.78, 5) is 38.2. The van der Waals surface area contributed by atoms with Gasteiger partial charge in [-0.3, -0.25) is 14.4 Å². The number of aliphatic hydroxyl groups excluding tert-OH is 1. The molecule has 0 saturated carbocycles. The van der Waals surface area contributed by atoms with Crippen LogP contribution in [0.5, 0.6) is 0 Å². The van der Waals surface area contributed by atoms with E-state index in [0.29, 0.717) is 37.9 Å². The number of aliphatic carboxylic acids is 1. The highest BCUT2D eigenvalue weighted by Gasteiger charge is 2.30. The van der Waals surface area contributed by atoms with Gasteiger partial charge in [0.25, 0.3) is 5.91 Å². The lowest BCUT2D eigenvalue weighted by atomic mass is 10.1. The van der Waals surface area contributed by atoms with E-state index in [1.54, 1.807) is 29.2 Å². The molecule has 1 saturated heterocycles. The monoisotopic (exact) mass is 348 g/mol. The van der Waals surface area contributed by atoms with E-state index >= 15 is 0 Å². The summed E-state index contributed by atoms with van der Waals surface area (Å²) >= 11 is 0. The minimum Gasteiger partial charge on any atom is -0.480 e. The second-order valence-electron chi connectivity index (χ2n) is 6.26. The van der Waals surface area contributed by atoms with Crippen LogP contribution >= 0.6 is 0 Å². The fraction of sp³-hybridized carbons (Fsp3) is 0.500. The highest BCUT2D eigenvalue weighted by atomic mass is 16.4. The largest absolute Gasteiger partial charge is 0.480 e. The Morgan fingerprint density at radius 3 is 2.48 bits per heavy atom. The fourth-order valence-corrected chi connectivity index (χ4v) is 3.20. The molecule has 1 unspecified atom stereocenters. The number of rotatable bonds is 5. The second kappa shape index (κ2) is 8.62. The summed E-state index contributed by atoms with van der Waals surface area (Å²) in [5, 5.41) is 19.3. The van der Waals surface area contributed by atoms with E-state index in [-0.39, 0.29) is 24.4 Å². The molecule has 1 aromatic rings. The summed E-state index contributed by atoms with van der Waals surface area (Å²) in [5.74, 6) is -1.69. The van der Waals surface area contributed by atoms with Crippen LogP contribution in [-0.2, 0) is 14.4 Å². The van der Waals surface area contributed by atoms with Crippen LogP contribution < -0.4 is 0 Å². The van der Waals surface area contributed by atoms with Gasteiger partial charge in [0, 0.05) is 26.1 Å². The Bertz CT molecular complexity index is 619. The number of nitrogens with zero attached hydrogens (tertiary/aromatic N) is 2. The predicted molar refractivity (Wildman–Crippen MR) is 90.6 cm³/mol. The summed E-state index contributed by atoms with van der Waals surface area (Å²) in [6.07, 6.45) is 0.583. The third-order valence-corrected chi connectivity index (χ3v) is 4.51. The van der Waals surface area contributed by atoms with E-state index < -0.39 is 12.1 Å². The van der Waals surface area contributed by atoms with Gasteiger partial charge in [0.1, 0.15) is 6.54 Å². The van der Waals surface area contributed by atoms with Gasteiger partial charge in [-0.05, 0) is 24.8 Å². The first-order chi connectivity index (χ1) is 11.9. The van der Waals surface area contributed by atoms with Gasteiger partial charge < -0.3 is 20.0 Å². The summed E-state index contributed by atoms with van der Waals surface area (Å²) < 4.78 is 0. The Hall–Kier alpha value is -2.41. The lowest BCUT2D eigenvalue weighted by Gasteiger charge is -2.29. The third kappa shape index (κ3) is 5.03. The van der Waals surface area contributed by atoms with Crippen LogP contribution in [0.3, 0.4) is 0 Å². The molecule has 136 valence electrons. The highest BCUT2D eigenvalue weighted by molar-refractivity contribution is 5.82. The van der Waals surface area contributed by atoms with Crippen molar-refractivity contribution >= 4 is 17.8 Å². The van der Waals surface area contributed by atoms with Crippen LogP contribution in [0.1, 0.15) is 37.9 Å². The molecule has 2 rings (SSSR count). The smallest absolute Gasteiger partial charge is 0.323 e. The van der Waals surface area contributed by atoms with Crippen molar-refractivity contribution < 1.29 is 24.6 Å². The number of carboxylic acid groups (broad SMARTS) is 1. The van der Waals surface area contributed by atoms with Crippen molar-refractivity contribution in [3.8, 4) is 0 Å². The SMILES string of the molecule is CC(=O)N(CC(=O)O)C1CCCN(C(=O)[C@H](O)c2ccccc2)CC1. The highest BCUT2D eigenvalue weighted by Crippen LogP contribution is 2.21. The Labute approximate surface area is 146 Å². The van der Waals surface area contributed by atoms with Gasteiger partial charge in [0.05, 0.1) is 0 Å². The number of hydrogen-bond acceptors (Lipinski definition) is 4. The van der Waals surface area contributed by atoms with Gasteiger partial charge in [-0.1, -0.05) is 30.3 Å². The van der Waals surface area contributed by atoms with E-state index in [9.17, 15) is 19.5 Å². The minimum absolute atomic E-state index is 0.208. The third-order valence-electron chi connectivity index (χ3n) is 4.51. The lowest BCUT2D eigenvalue weighted by molar-refractivity contribution is -0.145. The van der Waals surface area contributed by atoms with Crippen molar-refractivity contribution in [2.75, 3.05) is 19.6 Å². The van der Waals surface area contributed by atoms with E-state index in [1.807, 2.05) is 6.07 Å². The second-order valence-corrected chi connectivity index (χ2v) is 6.26. The lowest BCUT2D eigenvalue weighted by Crippen LogP contribution is -2.43. The van der Waals surface area contributed by atoms with Gasteiger partial charge in [-0.15, -0.1) is 0 Å². The van der Waals surface area contributed by atoms with Crippen LogP contribution in [0.4, 0.5) is 0 Å². The molecule has 1 heterocycles. The molecule has 0 aliphatic carbocycles. The van der Waals surface area contributed by atoms with Crippen LogP contribution in [-0.4, -0.2) is 63.5 Å². The molecule has 0 aromatic heterocycles. The average Bonchev–Trinajstić information content (AvgIpc) is 2.84. The molecule has 2 atom stereocenters. The Balaban J connectivity index is 2.01. The topological polar surface area (TPSA) is 98.2 Å². The predicted octanol–water partition coefficient (Wildman–Crippen LogP) is 1.03. The average molecular weight is 348 g/mol. The summed E-state index contributed by atoms with van der Waals surface area (Å²) in [7, 11) is 0. The molecule has 1 aliphatic rings. The molecule has 0 bridgehead atoms. The summed E-state index contributed by atoms with van der Waals surface area (Å²) in [6, 6.07) is 8.54. The molecule has 7 nitrogen and oxygen atoms in total. The zero-order chi connectivity index (χ0) is 18.4. The van der Waals surface area contributed by atoms with Gasteiger partial charge in [-0.25, -0.2) is 0 Å². The van der Waals surface area contributed by atoms with Crippen molar-refractivity contribution in [3.05, 3.63) is 35.9 Å². The van der Waals surface area contributed by atoms with Gasteiger partial charge in [0.2, 0.25) is 5.91 Å². The molecule has 1 aromatic carbocycles. The van der Waals surface area contributed by atoms with Crippen molar-refractivity contribution in [3.63, 3.8) is 0 Å². The number of amides is 2. The number of hydrogen-bond donors (Lipinski definition) is 2. The molecule has 2 N–H and O–H groups in total. The Kier molecular flexibility index (Phi) is 6.52. The normalized spacial score (nSPS) is 19.0. The van der Waals surface area contributed by atoms with Gasteiger partial charge >= 0.3 is 5.97 Å². The molecule has 0 radical (unpaired) electrons. The van der Waals surface area contributed by atoms with Crippen LogP contribution in [0.2, 0.25) is 0 Å². The van der Waals surface area contributed by atoms with Crippen molar-refractivity contribution in [2.24, 2.45) is 0 Å². The quantitative estimate of drug-likeness (QED) is 0.828. The first-order valence-corrected chi connectivity index (χ1v) is 8.41. The molecule has 1 fully saturated rings. The number of carbonyl (C=O) groups excluding carboxylic acids is 2. The zero-order valence-corrected chi connectivity index (χ0v) is 14.3. The maximum atomic E-state index is 12.5. The van der Waals surface area contributed by atoms with Crippen molar-refractivity contribution in [2.45, 2.75) is 38.3 Å². The van der Waals surface area contributed by atoms with E-state index in [4.69, 9.17) is 5.11 Å². The summed E-state index contributed by atoms with van der Waals surface area (Å²) in [5.41, 5.74) is 0.546. The Morgan fingerprint density at radius 1 is 1.20 bits per heavy atom. The first kappa shape index (κ1) is 18.9. The zero-order valence-electron chi connectivity index (χ0n) is 14.3. The number of carbonyl (C=O) groups is 3. The number of carboxylic acids is 1. The molecule has 0 spiro atoms. The van der Waals surface area contributed by atoms with Crippen molar-refractivity contribution in [1.29, 1.82) is 0 Å². The first-order valence-electron chi connectivity index (χ1n) is 8.41. The van der Waals surface area contributed by atoms with Crippen molar-refractivity contribution in [1.82, 2.24) is 9.80 Å². The standard InChI is InChI=1S/C18H24N2O5/c1-13(21)20(12-16(22)23)15-8-5-10-19(11-9-15)18(25)17(24)14-6-3-2-4-7-14/h2-4,6-7,15,17,24H,5,8-12H2,1H3,(H,22,23)/t15?,17-/m1/s1. The number of aliphatic hydroxyl groups is 1.